The van der Waals surface area contributed by atoms with Crippen molar-refractivity contribution in [3.8, 4) is 0 Å². The smallest absolute Gasteiger partial charge is 0.289 e. The number of furan rings is 1. The molecule has 1 aromatic rings. The van der Waals surface area contributed by atoms with Crippen LogP contribution in [-0.4, -0.2) is 42.0 Å². The Morgan fingerprint density at radius 2 is 2.00 bits per heavy atom. The Labute approximate surface area is 95.9 Å². The van der Waals surface area contributed by atoms with E-state index in [-0.39, 0.29) is 5.91 Å². The summed E-state index contributed by atoms with van der Waals surface area (Å²) in [4.78, 5) is 13.6. The number of halogens is 1. The van der Waals surface area contributed by atoms with Gasteiger partial charge in [0, 0.05) is 26.2 Å². The molecule has 0 spiro atoms. The third kappa shape index (κ3) is 2.39. The van der Waals surface area contributed by atoms with E-state index in [0.717, 1.165) is 0 Å². The van der Waals surface area contributed by atoms with Gasteiger partial charge in [-0.05, 0) is 28.1 Å². The molecule has 1 aromatic heterocycles. The average molecular weight is 274 g/mol. The second kappa shape index (κ2) is 4.34. The highest BCUT2D eigenvalue weighted by molar-refractivity contribution is 9.10. The lowest BCUT2D eigenvalue weighted by molar-refractivity contribution is 0.0605. The number of piperazine rings is 1. The van der Waals surface area contributed by atoms with Crippen molar-refractivity contribution < 1.29 is 9.21 Å². The first kappa shape index (κ1) is 10.7. The fourth-order valence-electron chi connectivity index (χ4n) is 1.51. The van der Waals surface area contributed by atoms with Gasteiger partial charge < -0.3 is 9.32 Å². The van der Waals surface area contributed by atoms with Crippen LogP contribution in [0.5, 0.6) is 0 Å². The van der Waals surface area contributed by atoms with Crippen LogP contribution in [-0.2, 0) is 0 Å². The molecule has 0 bridgehead atoms. The largest absolute Gasteiger partial charge is 0.444 e. The number of hydrazine groups is 1. The standard InChI is InChI=1S/C9H12BrN3O2/c10-8-2-1-7(15-8)9(14)12-3-5-13(11)6-4-12/h1-2H,3-6,11H2. The topological polar surface area (TPSA) is 62.7 Å². The van der Waals surface area contributed by atoms with Crippen LogP contribution < -0.4 is 5.84 Å². The summed E-state index contributed by atoms with van der Waals surface area (Å²) in [5.74, 6) is 5.90. The van der Waals surface area contributed by atoms with Gasteiger partial charge in [0.1, 0.15) is 0 Å². The predicted molar refractivity (Wildman–Crippen MR) is 58.1 cm³/mol. The fourth-order valence-corrected chi connectivity index (χ4v) is 1.82. The number of carbonyl (C=O) groups excluding carboxylic acids is 1. The van der Waals surface area contributed by atoms with Gasteiger partial charge in [0.25, 0.3) is 5.91 Å². The van der Waals surface area contributed by atoms with Crippen molar-refractivity contribution in [3.05, 3.63) is 22.6 Å². The highest BCUT2D eigenvalue weighted by Crippen LogP contribution is 2.16. The third-order valence-corrected chi connectivity index (χ3v) is 2.81. The average Bonchev–Trinajstić information content (AvgIpc) is 2.65. The molecule has 1 fully saturated rings. The molecule has 6 heteroatoms. The normalized spacial score (nSPS) is 18.1. The van der Waals surface area contributed by atoms with Crippen LogP contribution >= 0.6 is 15.9 Å². The van der Waals surface area contributed by atoms with Gasteiger partial charge in [-0.1, -0.05) is 0 Å². The van der Waals surface area contributed by atoms with E-state index in [9.17, 15) is 4.79 Å². The molecule has 5 nitrogen and oxygen atoms in total. The van der Waals surface area contributed by atoms with Crippen LogP contribution in [0.1, 0.15) is 10.6 Å². The molecular weight excluding hydrogens is 262 g/mol. The molecule has 1 aliphatic heterocycles. The van der Waals surface area contributed by atoms with Gasteiger partial charge in [-0.2, -0.15) is 0 Å². The zero-order chi connectivity index (χ0) is 10.8. The number of rotatable bonds is 1. The molecule has 0 saturated carbocycles. The molecule has 15 heavy (non-hydrogen) atoms. The van der Waals surface area contributed by atoms with E-state index in [4.69, 9.17) is 10.3 Å². The number of nitrogens with zero attached hydrogens (tertiary/aromatic N) is 2. The van der Waals surface area contributed by atoms with Crippen molar-refractivity contribution in [2.24, 2.45) is 5.84 Å². The minimum Gasteiger partial charge on any atom is -0.444 e. The Balaban J connectivity index is 2.02. The number of hydrogen-bond acceptors (Lipinski definition) is 4. The Hall–Kier alpha value is -0.850. The zero-order valence-electron chi connectivity index (χ0n) is 8.15. The monoisotopic (exact) mass is 273 g/mol. The third-order valence-electron chi connectivity index (χ3n) is 2.39. The van der Waals surface area contributed by atoms with Crippen LogP contribution in [0.3, 0.4) is 0 Å². The van der Waals surface area contributed by atoms with Crippen molar-refractivity contribution >= 4 is 21.8 Å². The first-order chi connectivity index (χ1) is 7.16. The first-order valence-electron chi connectivity index (χ1n) is 4.71. The number of carbonyl (C=O) groups is 1. The molecule has 2 heterocycles. The summed E-state index contributed by atoms with van der Waals surface area (Å²) in [5, 5.41) is 1.71. The highest BCUT2D eigenvalue weighted by atomic mass is 79.9. The maximum absolute atomic E-state index is 11.9. The lowest BCUT2D eigenvalue weighted by Crippen LogP contribution is -2.51. The molecule has 1 amide bonds. The molecule has 1 saturated heterocycles. The van der Waals surface area contributed by atoms with Gasteiger partial charge in [0.2, 0.25) is 0 Å². The van der Waals surface area contributed by atoms with Crippen molar-refractivity contribution in [3.63, 3.8) is 0 Å². The Morgan fingerprint density at radius 1 is 1.33 bits per heavy atom. The summed E-state index contributed by atoms with van der Waals surface area (Å²) >= 11 is 3.17. The van der Waals surface area contributed by atoms with Gasteiger partial charge in [-0.3, -0.25) is 10.6 Å². The maximum atomic E-state index is 11.9. The van der Waals surface area contributed by atoms with Crippen molar-refractivity contribution in [1.82, 2.24) is 9.91 Å². The maximum Gasteiger partial charge on any atom is 0.289 e. The fraction of sp³-hybridized carbons (Fsp3) is 0.444. The van der Waals surface area contributed by atoms with Gasteiger partial charge in [0.15, 0.2) is 10.4 Å². The van der Waals surface area contributed by atoms with E-state index in [1.54, 1.807) is 22.0 Å². The highest BCUT2D eigenvalue weighted by Gasteiger charge is 2.22. The summed E-state index contributed by atoms with van der Waals surface area (Å²) in [6.45, 7) is 2.70. The second-order valence-electron chi connectivity index (χ2n) is 3.43. The molecule has 1 aliphatic rings. The molecule has 2 N–H and O–H groups in total. The van der Waals surface area contributed by atoms with E-state index in [2.05, 4.69) is 15.9 Å². The Kier molecular flexibility index (Phi) is 3.08. The number of nitrogens with two attached hydrogens (primary N) is 1. The van der Waals surface area contributed by atoms with Crippen LogP contribution in [0.4, 0.5) is 0 Å². The van der Waals surface area contributed by atoms with Gasteiger partial charge in [-0.25, -0.2) is 5.01 Å². The van der Waals surface area contributed by atoms with Crippen molar-refractivity contribution in [2.75, 3.05) is 26.2 Å². The second-order valence-corrected chi connectivity index (χ2v) is 4.21. The SMILES string of the molecule is NN1CCN(C(=O)c2ccc(Br)o2)CC1. The molecule has 0 unspecified atom stereocenters. The van der Waals surface area contributed by atoms with Crippen LogP contribution in [0.2, 0.25) is 0 Å². The van der Waals surface area contributed by atoms with E-state index >= 15 is 0 Å². The van der Waals surface area contributed by atoms with Crippen LogP contribution in [0, 0.1) is 0 Å². The molecular formula is C9H12BrN3O2. The van der Waals surface area contributed by atoms with Gasteiger partial charge in [0.05, 0.1) is 0 Å². The number of hydrogen-bond donors (Lipinski definition) is 1. The summed E-state index contributed by atoms with van der Waals surface area (Å²) < 4.78 is 5.78. The lowest BCUT2D eigenvalue weighted by Gasteiger charge is -2.31. The number of amides is 1. The minimum absolute atomic E-state index is 0.0752. The molecule has 0 atom stereocenters. The molecule has 82 valence electrons. The van der Waals surface area contributed by atoms with E-state index in [0.29, 0.717) is 36.6 Å². The molecule has 0 radical (unpaired) electrons. The predicted octanol–water partition coefficient (Wildman–Crippen LogP) is 0.674. The zero-order valence-corrected chi connectivity index (χ0v) is 9.74. The Bertz CT molecular complexity index is 358. The lowest BCUT2D eigenvalue weighted by atomic mass is 10.3. The molecule has 2 rings (SSSR count). The summed E-state index contributed by atoms with van der Waals surface area (Å²) in [5.41, 5.74) is 0. The summed E-state index contributed by atoms with van der Waals surface area (Å²) in [6, 6.07) is 3.38. The van der Waals surface area contributed by atoms with E-state index in [1.807, 2.05) is 0 Å². The van der Waals surface area contributed by atoms with E-state index < -0.39 is 0 Å². The van der Waals surface area contributed by atoms with Crippen LogP contribution in [0.15, 0.2) is 21.2 Å². The Morgan fingerprint density at radius 3 is 2.53 bits per heavy atom. The van der Waals surface area contributed by atoms with E-state index in [1.165, 1.54) is 0 Å². The van der Waals surface area contributed by atoms with Gasteiger partial charge >= 0.3 is 0 Å². The minimum atomic E-state index is -0.0752. The molecule has 0 aromatic carbocycles. The summed E-state index contributed by atoms with van der Waals surface area (Å²) in [7, 11) is 0. The van der Waals surface area contributed by atoms with Gasteiger partial charge in [-0.15, -0.1) is 0 Å². The molecule has 0 aliphatic carbocycles. The van der Waals surface area contributed by atoms with Crippen molar-refractivity contribution in [2.45, 2.75) is 0 Å². The summed E-state index contributed by atoms with van der Waals surface area (Å²) in [6.07, 6.45) is 0. The quantitative estimate of drug-likeness (QED) is 0.765. The van der Waals surface area contributed by atoms with Crippen molar-refractivity contribution in [1.29, 1.82) is 0 Å². The van der Waals surface area contributed by atoms with Crippen LogP contribution in [0.25, 0.3) is 0 Å². The first-order valence-corrected chi connectivity index (χ1v) is 5.50.